The van der Waals surface area contributed by atoms with Crippen molar-refractivity contribution in [2.24, 2.45) is 5.41 Å². The van der Waals surface area contributed by atoms with Gasteiger partial charge in [-0.25, -0.2) is 4.39 Å². The van der Waals surface area contributed by atoms with Crippen molar-refractivity contribution in [3.05, 3.63) is 75.2 Å². The molecule has 29 heavy (non-hydrogen) atoms. The van der Waals surface area contributed by atoms with Crippen LogP contribution in [0.1, 0.15) is 44.6 Å². The van der Waals surface area contributed by atoms with Gasteiger partial charge >= 0.3 is 0 Å². The van der Waals surface area contributed by atoms with E-state index in [1.807, 2.05) is 13.8 Å². The summed E-state index contributed by atoms with van der Waals surface area (Å²) in [7, 11) is 0. The van der Waals surface area contributed by atoms with Crippen LogP contribution in [0.3, 0.4) is 0 Å². The third-order valence-corrected chi connectivity index (χ3v) is 6.24. The van der Waals surface area contributed by atoms with E-state index in [4.69, 9.17) is 23.2 Å². The maximum Gasteiger partial charge on any atom is 0.232 e. The molecule has 0 radical (unpaired) electrons. The van der Waals surface area contributed by atoms with Crippen molar-refractivity contribution >= 4 is 40.6 Å². The van der Waals surface area contributed by atoms with Gasteiger partial charge in [-0.1, -0.05) is 55.2 Å². The summed E-state index contributed by atoms with van der Waals surface area (Å²) in [4.78, 5) is 27.9. The standard InChI is InChI=1S/C23H20Cl2FNO2/c1-23(2)11-18-22(19(28)12-23)13(21-14(24)6-5-7-15(21)25)10-20(29)27(18)17-9-4-3-8-16(17)26/h3-9,13H,10-12H2,1-2H3. The highest BCUT2D eigenvalue weighted by Gasteiger charge is 2.45. The highest BCUT2D eigenvalue weighted by atomic mass is 35.5. The number of carbonyl (C=O) groups excluding carboxylic acids is 2. The van der Waals surface area contributed by atoms with E-state index in [9.17, 15) is 14.0 Å². The molecule has 1 atom stereocenters. The first-order valence-corrected chi connectivity index (χ1v) is 10.2. The molecule has 150 valence electrons. The minimum Gasteiger partial charge on any atom is -0.294 e. The molecule has 3 nitrogen and oxygen atoms in total. The fourth-order valence-electron chi connectivity index (χ4n) is 4.42. The molecule has 1 unspecified atom stereocenters. The Labute approximate surface area is 179 Å². The lowest BCUT2D eigenvalue weighted by molar-refractivity contribution is -0.121. The molecule has 0 spiro atoms. The summed E-state index contributed by atoms with van der Waals surface area (Å²) in [6.07, 6.45) is 0.833. The Bertz CT molecular complexity index is 1040. The number of amides is 1. The summed E-state index contributed by atoms with van der Waals surface area (Å²) in [6.45, 7) is 3.95. The lowest BCUT2D eigenvalue weighted by Gasteiger charge is -2.43. The van der Waals surface area contributed by atoms with Gasteiger partial charge in [0, 0.05) is 40.1 Å². The van der Waals surface area contributed by atoms with E-state index >= 15 is 0 Å². The summed E-state index contributed by atoms with van der Waals surface area (Å²) in [5.41, 5.74) is 1.47. The topological polar surface area (TPSA) is 37.4 Å². The van der Waals surface area contributed by atoms with Gasteiger partial charge in [0.15, 0.2) is 5.78 Å². The predicted molar refractivity (Wildman–Crippen MR) is 113 cm³/mol. The van der Waals surface area contributed by atoms with Gasteiger partial charge in [0.2, 0.25) is 5.91 Å². The van der Waals surface area contributed by atoms with Crippen LogP contribution >= 0.6 is 23.2 Å². The average molecular weight is 432 g/mol. The molecule has 0 saturated carbocycles. The molecule has 0 N–H and O–H groups in total. The normalized spacial score (nSPS) is 21.4. The van der Waals surface area contributed by atoms with Crippen molar-refractivity contribution in [2.75, 3.05) is 4.90 Å². The second-order valence-corrected chi connectivity index (χ2v) is 9.19. The molecule has 6 heteroatoms. The van der Waals surface area contributed by atoms with E-state index in [2.05, 4.69) is 0 Å². The largest absolute Gasteiger partial charge is 0.294 e. The zero-order valence-electron chi connectivity index (χ0n) is 16.1. The molecule has 1 heterocycles. The van der Waals surface area contributed by atoms with Crippen LogP contribution in [0.4, 0.5) is 10.1 Å². The first kappa shape index (κ1) is 20.1. The molecule has 0 aromatic heterocycles. The molecular formula is C23H20Cl2FNO2. The van der Waals surface area contributed by atoms with Gasteiger partial charge in [0.1, 0.15) is 5.82 Å². The minimum atomic E-state index is -0.537. The number of nitrogens with zero attached hydrogens (tertiary/aromatic N) is 1. The number of para-hydroxylation sites is 1. The fourth-order valence-corrected chi connectivity index (χ4v) is 5.08. The molecule has 2 aromatic rings. The van der Waals surface area contributed by atoms with Gasteiger partial charge in [-0.05, 0) is 41.7 Å². The number of hydrogen-bond acceptors (Lipinski definition) is 2. The number of ketones is 1. The number of hydrogen-bond donors (Lipinski definition) is 0. The number of Topliss-reactive ketones (excluding diaryl/α,β-unsaturated/α-hetero) is 1. The maximum atomic E-state index is 14.6. The van der Waals surface area contributed by atoms with E-state index in [0.29, 0.717) is 39.7 Å². The van der Waals surface area contributed by atoms with Crippen molar-refractivity contribution in [3.8, 4) is 0 Å². The summed E-state index contributed by atoms with van der Waals surface area (Å²) in [5, 5.41) is 0.832. The first-order valence-electron chi connectivity index (χ1n) is 9.47. The summed E-state index contributed by atoms with van der Waals surface area (Å²) in [5.74, 6) is -1.37. The van der Waals surface area contributed by atoms with Crippen molar-refractivity contribution in [1.82, 2.24) is 0 Å². The Morgan fingerprint density at radius 2 is 1.66 bits per heavy atom. The molecule has 0 fully saturated rings. The van der Waals surface area contributed by atoms with Crippen LogP contribution in [0.5, 0.6) is 0 Å². The molecule has 2 aromatic carbocycles. The molecule has 4 rings (SSSR count). The van der Waals surface area contributed by atoms with Crippen LogP contribution in [0.25, 0.3) is 0 Å². The monoisotopic (exact) mass is 431 g/mol. The molecule has 0 saturated heterocycles. The second kappa shape index (κ2) is 7.26. The minimum absolute atomic E-state index is 0.00277. The highest BCUT2D eigenvalue weighted by molar-refractivity contribution is 6.36. The second-order valence-electron chi connectivity index (χ2n) is 8.37. The highest BCUT2D eigenvalue weighted by Crippen LogP contribution is 2.50. The van der Waals surface area contributed by atoms with E-state index in [1.165, 1.54) is 11.0 Å². The SMILES string of the molecule is CC1(C)CC(=O)C2=C(C1)N(c1ccccc1F)C(=O)CC2c1c(Cl)cccc1Cl. The molecule has 2 aliphatic rings. The number of rotatable bonds is 2. The zero-order valence-corrected chi connectivity index (χ0v) is 17.6. The van der Waals surface area contributed by atoms with Crippen molar-refractivity contribution in [1.29, 1.82) is 0 Å². The van der Waals surface area contributed by atoms with Gasteiger partial charge in [-0.3, -0.25) is 14.5 Å². The van der Waals surface area contributed by atoms with Crippen LogP contribution in [0, 0.1) is 11.2 Å². The Balaban J connectivity index is 1.97. The van der Waals surface area contributed by atoms with Gasteiger partial charge in [0.05, 0.1) is 5.69 Å². The van der Waals surface area contributed by atoms with Gasteiger partial charge in [0.25, 0.3) is 0 Å². The Morgan fingerprint density at radius 1 is 1.00 bits per heavy atom. The number of carbonyl (C=O) groups is 2. The summed E-state index contributed by atoms with van der Waals surface area (Å²) < 4.78 is 14.6. The Kier molecular flexibility index (Phi) is 5.04. The quantitative estimate of drug-likeness (QED) is 0.559. The van der Waals surface area contributed by atoms with Crippen LogP contribution in [-0.2, 0) is 9.59 Å². The van der Waals surface area contributed by atoms with E-state index in [-0.39, 0.29) is 29.2 Å². The summed E-state index contributed by atoms with van der Waals surface area (Å²) >= 11 is 12.8. The summed E-state index contributed by atoms with van der Waals surface area (Å²) in [6, 6.07) is 11.3. The van der Waals surface area contributed by atoms with Crippen molar-refractivity contribution in [2.45, 2.75) is 39.0 Å². The number of allylic oxidation sites excluding steroid dienone is 2. The number of benzene rings is 2. The van der Waals surface area contributed by atoms with Gasteiger partial charge in [-0.2, -0.15) is 0 Å². The number of halogens is 3. The van der Waals surface area contributed by atoms with Gasteiger partial charge < -0.3 is 0 Å². The predicted octanol–water partition coefficient (Wildman–Crippen LogP) is 6.30. The third kappa shape index (κ3) is 3.49. The van der Waals surface area contributed by atoms with Crippen molar-refractivity contribution < 1.29 is 14.0 Å². The lowest BCUT2D eigenvalue weighted by Crippen LogP contribution is -2.44. The molecule has 1 aliphatic carbocycles. The molecule has 0 bridgehead atoms. The first-order chi connectivity index (χ1) is 13.7. The van der Waals surface area contributed by atoms with Crippen molar-refractivity contribution in [3.63, 3.8) is 0 Å². The maximum absolute atomic E-state index is 14.6. The zero-order chi connectivity index (χ0) is 20.9. The molecule has 1 amide bonds. The van der Waals surface area contributed by atoms with E-state index in [1.54, 1.807) is 36.4 Å². The van der Waals surface area contributed by atoms with Gasteiger partial charge in [-0.15, -0.1) is 0 Å². The molecular weight excluding hydrogens is 412 g/mol. The lowest BCUT2D eigenvalue weighted by atomic mass is 9.69. The smallest absolute Gasteiger partial charge is 0.232 e. The fraction of sp³-hybridized carbons (Fsp3) is 0.304. The average Bonchev–Trinajstić information content (AvgIpc) is 2.61. The molecule has 1 aliphatic heterocycles. The van der Waals surface area contributed by atoms with Crippen LogP contribution in [-0.4, -0.2) is 11.7 Å². The Morgan fingerprint density at radius 3 is 2.31 bits per heavy atom. The van der Waals surface area contributed by atoms with Crippen LogP contribution < -0.4 is 4.90 Å². The number of anilines is 1. The van der Waals surface area contributed by atoms with E-state index < -0.39 is 11.7 Å². The Hall–Kier alpha value is -2.17. The van der Waals surface area contributed by atoms with E-state index in [0.717, 1.165) is 0 Å². The van der Waals surface area contributed by atoms with Crippen LogP contribution in [0.2, 0.25) is 10.0 Å². The third-order valence-electron chi connectivity index (χ3n) is 5.58. The van der Waals surface area contributed by atoms with Crippen LogP contribution in [0.15, 0.2) is 53.7 Å².